The van der Waals surface area contributed by atoms with Gasteiger partial charge in [0.1, 0.15) is 17.3 Å². The van der Waals surface area contributed by atoms with Gasteiger partial charge in [0.15, 0.2) is 11.5 Å². The number of aromatic nitrogens is 1. The van der Waals surface area contributed by atoms with Gasteiger partial charge in [-0.2, -0.15) is 13.2 Å². The van der Waals surface area contributed by atoms with Crippen molar-refractivity contribution in [3.8, 4) is 23.0 Å². The number of carbonyl (C=O) groups is 1. The molecule has 0 atom stereocenters. The van der Waals surface area contributed by atoms with E-state index in [0.29, 0.717) is 54.2 Å². The number of ether oxygens (including phenoxy) is 3. The van der Waals surface area contributed by atoms with Crippen molar-refractivity contribution >= 4 is 16.7 Å². The lowest BCUT2D eigenvalue weighted by molar-refractivity contribution is -0.137. The Morgan fingerprint density at radius 2 is 1.47 bits per heavy atom. The summed E-state index contributed by atoms with van der Waals surface area (Å²) >= 11 is 0. The first-order valence-electron chi connectivity index (χ1n) is 12.2. The SMILES string of the molecule is COc1cc2nccc(Oc3ccc(CC(=O)CCCCc4ccc(C(F)(F)F)cc4)cc3)c2cc1OC. The normalized spacial score (nSPS) is 11.4. The van der Waals surface area contributed by atoms with E-state index in [0.717, 1.165) is 35.1 Å². The van der Waals surface area contributed by atoms with Crippen molar-refractivity contribution in [2.24, 2.45) is 0 Å². The molecule has 0 aliphatic carbocycles. The van der Waals surface area contributed by atoms with Crippen LogP contribution in [-0.4, -0.2) is 25.0 Å². The van der Waals surface area contributed by atoms with Crippen LogP contribution in [0.2, 0.25) is 0 Å². The zero-order valence-electron chi connectivity index (χ0n) is 21.2. The highest BCUT2D eigenvalue weighted by molar-refractivity contribution is 5.88. The standard InChI is InChI=1S/C30H28F3NO4/c1-36-28-18-25-26(19-29(28)37-2)34-16-15-27(25)38-24-13-9-21(10-14-24)17-23(35)6-4-3-5-20-7-11-22(12-8-20)30(31,32)33/h7-16,18-19H,3-6,17H2,1-2H3. The van der Waals surface area contributed by atoms with E-state index in [-0.39, 0.29) is 5.78 Å². The van der Waals surface area contributed by atoms with Crippen LogP contribution in [0, 0.1) is 0 Å². The van der Waals surface area contributed by atoms with Gasteiger partial charge in [0.05, 0.1) is 25.3 Å². The Morgan fingerprint density at radius 1 is 0.816 bits per heavy atom. The van der Waals surface area contributed by atoms with Crippen LogP contribution >= 0.6 is 0 Å². The predicted octanol–water partition coefficient (Wildman–Crippen LogP) is 7.59. The van der Waals surface area contributed by atoms with Crippen molar-refractivity contribution in [1.82, 2.24) is 4.98 Å². The lowest BCUT2D eigenvalue weighted by atomic mass is 10.0. The number of benzene rings is 3. The first-order valence-corrected chi connectivity index (χ1v) is 12.2. The van der Waals surface area contributed by atoms with E-state index in [1.54, 1.807) is 32.5 Å². The van der Waals surface area contributed by atoms with Gasteiger partial charge in [0.25, 0.3) is 0 Å². The number of rotatable bonds is 11. The molecule has 1 aromatic heterocycles. The lowest BCUT2D eigenvalue weighted by Crippen LogP contribution is -2.04. The summed E-state index contributed by atoms with van der Waals surface area (Å²) in [6.45, 7) is 0. The number of hydrogen-bond acceptors (Lipinski definition) is 5. The summed E-state index contributed by atoms with van der Waals surface area (Å²) in [6.07, 6.45) is 0.132. The number of carbonyl (C=O) groups excluding carboxylic acids is 1. The molecular formula is C30H28F3NO4. The van der Waals surface area contributed by atoms with Crippen LogP contribution in [0.4, 0.5) is 13.2 Å². The summed E-state index contributed by atoms with van der Waals surface area (Å²) in [5, 5.41) is 0.778. The molecule has 0 bridgehead atoms. The van der Waals surface area contributed by atoms with Gasteiger partial charge in [-0.05, 0) is 66.8 Å². The van der Waals surface area contributed by atoms with Crippen molar-refractivity contribution < 1.29 is 32.2 Å². The Bertz CT molecular complexity index is 1380. The van der Waals surface area contributed by atoms with Gasteiger partial charge in [-0.25, -0.2) is 0 Å². The van der Waals surface area contributed by atoms with Gasteiger partial charge in [-0.1, -0.05) is 24.3 Å². The molecule has 0 N–H and O–H groups in total. The average Bonchev–Trinajstić information content (AvgIpc) is 2.91. The first kappa shape index (κ1) is 27.0. The number of pyridine rings is 1. The van der Waals surface area contributed by atoms with E-state index in [1.807, 2.05) is 30.3 Å². The molecule has 4 aromatic rings. The van der Waals surface area contributed by atoms with Crippen LogP contribution < -0.4 is 14.2 Å². The highest BCUT2D eigenvalue weighted by Crippen LogP contribution is 2.37. The molecule has 0 amide bonds. The molecule has 198 valence electrons. The van der Waals surface area contributed by atoms with Crippen LogP contribution in [0.5, 0.6) is 23.0 Å². The van der Waals surface area contributed by atoms with Crippen molar-refractivity contribution in [2.45, 2.75) is 38.3 Å². The minimum atomic E-state index is -4.33. The van der Waals surface area contributed by atoms with Crippen LogP contribution in [0.25, 0.3) is 10.9 Å². The highest BCUT2D eigenvalue weighted by atomic mass is 19.4. The lowest BCUT2D eigenvalue weighted by Gasteiger charge is -2.12. The Kier molecular flexibility index (Phi) is 8.51. The Labute approximate surface area is 219 Å². The zero-order chi connectivity index (χ0) is 27.1. The molecular weight excluding hydrogens is 495 g/mol. The van der Waals surface area contributed by atoms with Gasteiger partial charge < -0.3 is 14.2 Å². The van der Waals surface area contributed by atoms with Crippen LogP contribution in [0.15, 0.2) is 72.9 Å². The molecule has 0 saturated heterocycles. The molecule has 4 rings (SSSR count). The van der Waals surface area contributed by atoms with E-state index in [1.165, 1.54) is 12.1 Å². The van der Waals surface area contributed by atoms with Gasteiger partial charge >= 0.3 is 6.18 Å². The molecule has 0 radical (unpaired) electrons. The van der Waals surface area contributed by atoms with Crippen LogP contribution in [-0.2, 0) is 23.8 Å². The summed E-state index contributed by atoms with van der Waals surface area (Å²) in [4.78, 5) is 16.8. The summed E-state index contributed by atoms with van der Waals surface area (Å²) in [7, 11) is 3.14. The molecule has 0 fully saturated rings. The largest absolute Gasteiger partial charge is 0.493 e. The van der Waals surface area contributed by atoms with Gasteiger partial charge in [-0.15, -0.1) is 0 Å². The zero-order valence-corrected chi connectivity index (χ0v) is 21.2. The van der Waals surface area contributed by atoms with E-state index in [4.69, 9.17) is 14.2 Å². The topological polar surface area (TPSA) is 57.7 Å². The number of hydrogen-bond donors (Lipinski definition) is 0. The van der Waals surface area contributed by atoms with Gasteiger partial charge in [0, 0.05) is 30.5 Å². The van der Waals surface area contributed by atoms with Crippen molar-refractivity contribution in [3.05, 3.63) is 89.6 Å². The van der Waals surface area contributed by atoms with Gasteiger partial charge in [-0.3, -0.25) is 9.78 Å². The van der Waals surface area contributed by atoms with E-state index < -0.39 is 11.7 Å². The molecule has 8 heteroatoms. The Morgan fingerprint density at radius 3 is 2.13 bits per heavy atom. The fourth-order valence-corrected chi connectivity index (χ4v) is 4.17. The highest BCUT2D eigenvalue weighted by Gasteiger charge is 2.29. The number of unbranched alkanes of at least 4 members (excludes halogenated alkanes) is 1. The second-order valence-electron chi connectivity index (χ2n) is 8.90. The predicted molar refractivity (Wildman–Crippen MR) is 139 cm³/mol. The molecule has 3 aromatic carbocycles. The smallest absolute Gasteiger partial charge is 0.416 e. The number of alkyl halides is 3. The van der Waals surface area contributed by atoms with Crippen molar-refractivity contribution in [3.63, 3.8) is 0 Å². The van der Waals surface area contributed by atoms with Gasteiger partial charge in [0.2, 0.25) is 0 Å². The molecule has 0 saturated carbocycles. The molecule has 5 nitrogen and oxygen atoms in total. The van der Waals surface area contributed by atoms with Crippen molar-refractivity contribution in [2.75, 3.05) is 14.2 Å². The number of nitrogens with zero attached hydrogens (tertiary/aromatic N) is 1. The maximum Gasteiger partial charge on any atom is 0.416 e. The van der Waals surface area contributed by atoms with E-state index in [2.05, 4.69) is 4.98 Å². The maximum atomic E-state index is 12.7. The molecule has 38 heavy (non-hydrogen) atoms. The number of ketones is 1. The number of halogens is 3. The number of aryl methyl sites for hydroxylation is 1. The fraction of sp³-hybridized carbons (Fsp3) is 0.267. The quantitative estimate of drug-likeness (QED) is 0.190. The maximum absolute atomic E-state index is 12.7. The molecule has 0 spiro atoms. The number of methoxy groups -OCH3 is 2. The minimum Gasteiger partial charge on any atom is -0.493 e. The first-order chi connectivity index (χ1) is 18.3. The Balaban J connectivity index is 1.28. The van der Waals surface area contributed by atoms with Crippen LogP contribution in [0.3, 0.4) is 0 Å². The fourth-order valence-electron chi connectivity index (χ4n) is 4.17. The summed E-state index contributed by atoms with van der Waals surface area (Å²) in [6, 6.07) is 17.9. The summed E-state index contributed by atoms with van der Waals surface area (Å²) < 4.78 is 54.8. The summed E-state index contributed by atoms with van der Waals surface area (Å²) in [5.41, 5.74) is 1.78. The number of fused-ring (bicyclic) bond motifs is 1. The third kappa shape index (κ3) is 6.82. The Hall–Kier alpha value is -4.07. The monoisotopic (exact) mass is 523 g/mol. The van der Waals surface area contributed by atoms with Crippen molar-refractivity contribution in [1.29, 1.82) is 0 Å². The second kappa shape index (κ2) is 12.0. The van der Waals surface area contributed by atoms with E-state index >= 15 is 0 Å². The molecule has 0 aliphatic heterocycles. The molecule has 0 aliphatic rings. The average molecular weight is 524 g/mol. The third-order valence-corrected chi connectivity index (χ3v) is 6.21. The van der Waals surface area contributed by atoms with Crippen LogP contribution in [0.1, 0.15) is 36.0 Å². The van der Waals surface area contributed by atoms with E-state index in [9.17, 15) is 18.0 Å². The second-order valence-corrected chi connectivity index (χ2v) is 8.90. The molecule has 1 heterocycles. The minimum absolute atomic E-state index is 0.118. The summed E-state index contributed by atoms with van der Waals surface area (Å²) in [5.74, 6) is 2.52. The number of Topliss-reactive ketones (excluding diaryl/α,β-unsaturated/α-hetero) is 1. The molecule has 0 unspecified atom stereocenters. The third-order valence-electron chi connectivity index (χ3n) is 6.21.